The molecule has 3 saturated carbocycles. The molecule has 1 N–H and O–H groups in total. The van der Waals surface area contributed by atoms with Crippen LogP contribution in [0.4, 0.5) is 0 Å². The van der Waals surface area contributed by atoms with E-state index < -0.39 is 0 Å². The average Bonchev–Trinajstić information content (AvgIpc) is 3.28. The van der Waals surface area contributed by atoms with E-state index in [-0.39, 0.29) is 6.10 Å². The molecule has 0 amide bonds. The van der Waals surface area contributed by atoms with Crippen LogP contribution in [0.2, 0.25) is 0 Å². The van der Waals surface area contributed by atoms with E-state index in [1.807, 2.05) is 0 Å². The van der Waals surface area contributed by atoms with Gasteiger partial charge in [-0.15, -0.1) is 0 Å². The Morgan fingerprint density at radius 1 is 0.892 bits per heavy atom. The molecule has 37 heavy (non-hydrogen) atoms. The zero-order chi connectivity index (χ0) is 25.6. The first-order valence-electron chi connectivity index (χ1n) is 15.1. The number of fused-ring (bicyclic) bond motifs is 5. The van der Waals surface area contributed by atoms with Crippen molar-refractivity contribution in [3.05, 3.63) is 89.5 Å². The van der Waals surface area contributed by atoms with Crippen LogP contribution in [0, 0.1) is 40.4 Å². The molecule has 0 saturated heterocycles. The van der Waals surface area contributed by atoms with Gasteiger partial charge in [0.05, 0.1) is 6.10 Å². The van der Waals surface area contributed by atoms with Gasteiger partial charge in [-0.3, -0.25) is 0 Å². The smallest absolute Gasteiger partial charge is 0.0577 e. The molecule has 2 aromatic carbocycles. The molecule has 6 rings (SSSR count). The van der Waals surface area contributed by atoms with E-state index in [2.05, 4.69) is 93.6 Å². The van der Waals surface area contributed by atoms with Crippen LogP contribution in [0.15, 0.2) is 78.4 Å². The van der Waals surface area contributed by atoms with Crippen molar-refractivity contribution < 1.29 is 5.11 Å². The summed E-state index contributed by atoms with van der Waals surface area (Å²) >= 11 is 0. The first-order chi connectivity index (χ1) is 17.9. The molecule has 1 heteroatoms. The third-order valence-electron chi connectivity index (χ3n) is 11.7. The molecule has 0 aliphatic heterocycles. The molecule has 0 heterocycles. The van der Waals surface area contributed by atoms with Gasteiger partial charge in [0.15, 0.2) is 0 Å². The summed E-state index contributed by atoms with van der Waals surface area (Å²) < 4.78 is 0. The van der Waals surface area contributed by atoms with Gasteiger partial charge in [-0.25, -0.2) is 0 Å². The van der Waals surface area contributed by atoms with E-state index in [0.29, 0.717) is 16.7 Å². The fraction of sp³-hybridized carbons (Fsp3) is 0.556. The molecule has 0 unspecified atom stereocenters. The number of benzene rings is 2. The van der Waals surface area contributed by atoms with Gasteiger partial charge in [-0.2, -0.15) is 0 Å². The highest BCUT2D eigenvalue weighted by atomic mass is 16.3. The van der Waals surface area contributed by atoms with E-state index in [1.165, 1.54) is 55.2 Å². The zero-order valence-electron chi connectivity index (χ0n) is 23.2. The van der Waals surface area contributed by atoms with Gasteiger partial charge in [-0.05, 0) is 115 Å². The molecule has 0 radical (unpaired) electrons. The Morgan fingerprint density at radius 3 is 2.24 bits per heavy atom. The Bertz CT molecular complexity index is 1100. The maximum atomic E-state index is 10.3. The minimum absolute atomic E-state index is 0.105. The third-order valence-corrected chi connectivity index (χ3v) is 11.7. The second-order valence-corrected chi connectivity index (χ2v) is 13.4. The first-order valence-corrected chi connectivity index (χ1v) is 15.1. The number of hydrogen-bond donors (Lipinski definition) is 1. The lowest BCUT2D eigenvalue weighted by Gasteiger charge is -2.58. The largest absolute Gasteiger partial charge is 0.393 e. The van der Waals surface area contributed by atoms with Crippen LogP contribution >= 0.6 is 0 Å². The number of allylic oxidation sites excluding steroid dienone is 2. The molecule has 1 nitrogen and oxygen atoms in total. The molecular weight excluding hydrogens is 448 g/mol. The van der Waals surface area contributed by atoms with Crippen molar-refractivity contribution in [1.29, 1.82) is 0 Å². The minimum atomic E-state index is -0.105. The standard InChI is InChI=1S/C36H46O/c1-25(14-16-30(26-10-6-4-7-11-26)27-12-8-5-9-13-27)32-18-19-33-31-17-15-28-24-29(37)20-22-35(28,2)34(31)21-23-36(32,33)3/h4-13,15-16,25,29,31-34,37H,14,17-24H2,1-3H3/t25-,29+,31-,32-,33-,34-,35+,36-/m1/s1. The van der Waals surface area contributed by atoms with Crippen LogP contribution in [-0.2, 0) is 0 Å². The van der Waals surface area contributed by atoms with Crippen LogP contribution in [0.25, 0.3) is 5.57 Å². The molecule has 3 fully saturated rings. The van der Waals surface area contributed by atoms with Crippen molar-refractivity contribution in [3.8, 4) is 0 Å². The van der Waals surface area contributed by atoms with Crippen molar-refractivity contribution in [2.24, 2.45) is 40.4 Å². The van der Waals surface area contributed by atoms with Gasteiger partial charge < -0.3 is 5.11 Å². The fourth-order valence-electron chi connectivity index (χ4n) is 9.72. The van der Waals surface area contributed by atoms with Gasteiger partial charge in [0.1, 0.15) is 0 Å². The predicted octanol–water partition coefficient (Wildman–Crippen LogP) is 9.08. The SMILES string of the molecule is C[C@H](CC=C(c1ccccc1)c1ccccc1)[C@H]1CC[C@@H]2[C@H]3CC=C4C[C@@H](O)CC[C@]4(C)[C@@H]3CC[C@@]21C. The Balaban J connectivity index is 1.22. The van der Waals surface area contributed by atoms with E-state index in [4.69, 9.17) is 0 Å². The van der Waals surface area contributed by atoms with E-state index in [9.17, 15) is 5.11 Å². The molecule has 196 valence electrons. The highest BCUT2D eigenvalue weighted by molar-refractivity contribution is 5.79. The topological polar surface area (TPSA) is 20.2 Å². The zero-order valence-corrected chi connectivity index (χ0v) is 23.2. The van der Waals surface area contributed by atoms with E-state index in [0.717, 1.165) is 42.9 Å². The van der Waals surface area contributed by atoms with Gasteiger partial charge >= 0.3 is 0 Å². The Labute approximate surface area is 225 Å². The van der Waals surface area contributed by atoms with Crippen LogP contribution in [0.3, 0.4) is 0 Å². The maximum Gasteiger partial charge on any atom is 0.0577 e. The summed E-state index contributed by atoms with van der Waals surface area (Å²) in [5.41, 5.74) is 6.45. The minimum Gasteiger partial charge on any atom is -0.393 e. The lowest BCUT2D eigenvalue weighted by atomic mass is 9.47. The molecule has 4 aliphatic rings. The van der Waals surface area contributed by atoms with Gasteiger partial charge in [0, 0.05) is 0 Å². The lowest BCUT2D eigenvalue weighted by Crippen LogP contribution is -2.50. The highest BCUT2D eigenvalue weighted by Gasteiger charge is 2.59. The number of aliphatic hydroxyl groups excluding tert-OH is 1. The van der Waals surface area contributed by atoms with Crippen LogP contribution in [-0.4, -0.2) is 11.2 Å². The summed E-state index contributed by atoms with van der Waals surface area (Å²) in [5.74, 6) is 4.05. The lowest BCUT2D eigenvalue weighted by molar-refractivity contribution is -0.0565. The van der Waals surface area contributed by atoms with Crippen LogP contribution in [0.5, 0.6) is 0 Å². The summed E-state index contributed by atoms with van der Waals surface area (Å²) in [6.07, 6.45) is 16.2. The third kappa shape index (κ3) is 4.36. The van der Waals surface area contributed by atoms with Crippen LogP contribution < -0.4 is 0 Å². The fourth-order valence-corrected chi connectivity index (χ4v) is 9.72. The van der Waals surface area contributed by atoms with E-state index >= 15 is 0 Å². The average molecular weight is 495 g/mol. The van der Waals surface area contributed by atoms with Crippen molar-refractivity contribution in [2.45, 2.75) is 84.7 Å². The second kappa shape index (κ2) is 9.88. The van der Waals surface area contributed by atoms with E-state index in [1.54, 1.807) is 5.57 Å². The molecule has 8 atom stereocenters. The Hall–Kier alpha value is -2.12. The quantitative estimate of drug-likeness (QED) is 0.411. The summed E-state index contributed by atoms with van der Waals surface area (Å²) in [6, 6.07) is 21.9. The van der Waals surface area contributed by atoms with Crippen molar-refractivity contribution in [2.75, 3.05) is 0 Å². The monoisotopic (exact) mass is 494 g/mol. The maximum absolute atomic E-state index is 10.3. The molecular formula is C36H46O. The molecule has 4 aliphatic carbocycles. The highest BCUT2D eigenvalue weighted by Crippen LogP contribution is 2.67. The van der Waals surface area contributed by atoms with Crippen molar-refractivity contribution in [3.63, 3.8) is 0 Å². The molecule has 2 aromatic rings. The summed E-state index contributed by atoms with van der Waals surface area (Å²) in [5, 5.41) is 10.3. The summed E-state index contributed by atoms with van der Waals surface area (Å²) in [6.45, 7) is 7.77. The number of aliphatic hydroxyl groups is 1. The summed E-state index contributed by atoms with van der Waals surface area (Å²) in [4.78, 5) is 0. The Kier molecular flexibility index (Phi) is 6.72. The normalized spacial score (nSPS) is 37.5. The predicted molar refractivity (Wildman–Crippen MR) is 155 cm³/mol. The van der Waals surface area contributed by atoms with Crippen LogP contribution in [0.1, 0.15) is 89.7 Å². The molecule has 0 bridgehead atoms. The number of rotatable bonds is 5. The van der Waals surface area contributed by atoms with Gasteiger partial charge in [0.25, 0.3) is 0 Å². The van der Waals surface area contributed by atoms with Crippen molar-refractivity contribution in [1.82, 2.24) is 0 Å². The first kappa shape index (κ1) is 25.2. The van der Waals surface area contributed by atoms with Gasteiger partial charge in [-0.1, -0.05) is 99.2 Å². The van der Waals surface area contributed by atoms with Crippen molar-refractivity contribution >= 4 is 5.57 Å². The molecule has 0 aromatic heterocycles. The second-order valence-electron chi connectivity index (χ2n) is 13.4. The number of hydrogen-bond acceptors (Lipinski definition) is 1. The molecule has 0 spiro atoms. The van der Waals surface area contributed by atoms with Gasteiger partial charge in [0.2, 0.25) is 0 Å². The Morgan fingerprint density at radius 2 is 1.57 bits per heavy atom. The summed E-state index contributed by atoms with van der Waals surface area (Å²) in [7, 11) is 0.